The van der Waals surface area contributed by atoms with Gasteiger partial charge in [0.15, 0.2) is 0 Å². The fourth-order valence-electron chi connectivity index (χ4n) is 4.63. The van der Waals surface area contributed by atoms with Gasteiger partial charge in [0.1, 0.15) is 31.8 Å². The van der Waals surface area contributed by atoms with Gasteiger partial charge in [0, 0.05) is 0 Å². The molecular weight excluding hydrogens is 731 g/mol. The first-order chi connectivity index (χ1) is 20.3. The minimum Gasteiger partial charge on any atom is -0.0620 e. The summed E-state index contributed by atoms with van der Waals surface area (Å²) in [6, 6.07) is 65.0. The Labute approximate surface area is 265 Å². The van der Waals surface area contributed by atoms with Crippen molar-refractivity contribution in [1.82, 2.24) is 0 Å². The summed E-state index contributed by atoms with van der Waals surface area (Å²) >= 11 is 0. The Morgan fingerprint density at radius 2 is 0.452 bits per heavy atom. The molecule has 42 heavy (non-hydrogen) atoms. The van der Waals surface area contributed by atoms with Crippen molar-refractivity contribution >= 4 is 47.7 Å². The van der Waals surface area contributed by atoms with Crippen molar-refractivity contribution < 1.29 is 21.1 Å². The van der Waals surface area contributed by atoms with E-state index in [0.717, 1.165) is 0 Å². The van der Waals surface area contributed by atoms with E-state index in [4.69, 9.17) is 11.1 Å². The van der Waals surface area contributed by atoms with E-state index in [1.807, 2.05) is 0 Å². The van der Waals surface area contributed by atoms with Gasteiger partial charge in [-0.05, 0) is 83.2 Å². The van der Waals surface area contributed by atoms with E-state index in [-0.39, 0.29) is 21.1 Å². The zero-order valence-corrected chi connectivity index (χ0v) is 27.4. The maximum atomic E-state index is 6.86. The van der Waals surface area contributed by atoms with Crippen molar-refractivity contribution in [1.29, 1.82) is 5.53 Å². The summed E-state index contributed by atoms with van der Waals surface area (Å²) in [5.41, 5.74) is 12.2. The molecule has 6 aromatic carbocycles. The van der Waals surface area contributed by atoms with Gasteiger partial charge in [-0.15, -0.1) is 5.53 Å². The average molecular weight is 766 g/mol. The summed E-state index contributed by atoms with van der Waals surface area (Å²) in [4.78, 5) is 1.75. The Bertz CT molecular complexity index is 1280. The van der Waals surface area contributed by atoms with Crippen LogP contribution in [0.25, 0.3) is 10.4 Å². The fraction of sp³-hybridized carbons (Fsp3) is 0. The molecule has 0 amide bonds. The number of hydrogen-bond donors (Lipinski definition) is 1. The zero-order valence-electron chi connectivity index (χ0n) is 23.0. The van der Waals surface area contributed by atoms with Crippen LogP contribution in [0.2, 0.25) is 0 Å². The van der Waals surface area contributed by atoms with Crippen molar-refractivity contribution in [3.05, 3.63) is 192 Å². The molecule has 6 aromatic rings. The summed E-state index contributed by atoms with van der Waals surface area (Å²) < 4.78 is 0. The Morgan fingerprint density at radius 1 is 0.333 bits per heavy atom. The first-order valence-electron chi connectivity index (χ1n) is 13.4. The Kier molecular flexibility index (Phi) is 14.5. The van der Waals surface area contributed by atoms with Crippen LogP contribution in [-0.4, -0.2) is 0 Å². The van der Waals surface area contributed by atoms with Crippen molar-refractivity contribution in [3.8, 4) is 0 Å². The van der Waals surface area contributed by atoms with Gasteiger partial charge >= 0.3 is 21.1 Å². The fourth-order valence-corrected chi connectivity index (χ4v) is 9.78. The van der Waals surface area contributed by atoms with Gasteiger partial charge in [0.2, 0.25) is 0 Å². The number of rotatable bonds is 6. The summed E-state index contributed by atoms with van der Waals surface area (Å²) in [5, 5.41) is 8.61. The zero-order chi connectivity index (χ0) is 28.5. The molecule has 1 radical (unpaired) electrons. The third-order valence-corrected chi connectivity index (χ3v) is 11.8. The molecule has 0 heterocycles. The quantitative estimate of drug-likeness (QED) is 0.0826. The minimum absolute atomic E-state index is 0. The van der Waals surface area contributed by atoms with Crippen LogP contribution in [0.5, 0.6) is 0 Å². The number of benzene rings is 6. The van der Waals surface area contributed by atoms with E-state index >= 15 is 0 Å². The molecule has 0 saturated carbocycles. The molecule has 6 heteroatoms. The van der Waals surface area contributed by atoms with Crippen molar-refractivity contribution in [2.45, 2.75) is 0 Å². The van der Waals surface area contributed by atoms with Gasteiger partial charge in [0.05, 0.1) is 15.8 Å². The van der Waals surface area contributed by atoms with Gasteiger partial charge in [0.25, 0.3) is 0 Å². The molecule has 0 unspecified atom stereocenters. The number of nitrogens with zero attached hydrogens (tertiary/aromatic N) is 2. The Balaban J connectivity index is 0.000000207. The normalized spacial score (nSPS) is 9.76. The summed E-state index contributed by atoms with van der Waals surface area (Å²) in [7, 11) is -1.75. The SMILES string of the molecule is [N-]=[N+]=N.[PtH+].c1ccc([PH+](c2ccccc2)c2ccccc2)cc1.c1ccc([PH+](c2ccccc2)c2ccccc2)cc1. The molecule has 1 N–H and O–H groups in total. The molecule has 0 aliphatic rings. The molecule has 6 rings (SSSR count). The van der Waals surface area contributed by atoms with Gasteiger partial charge < -0.3 is 0 Å². The van der Waals surface area contributed by atoms with Crippen molar-refractivity contribution in [2.75, 3.05) is 0 Å². The van der Waals surface area contributed by atoms with Crippen LogP contribution in [0.1, 0.15) is 0 Å². The first kappa shape index (κ1) is 32.7. The third-order valence-electron chi connectivity index (χ3n) is 6.37. The molecule has 0 atom stereocenters. The third kappa shape index (κ3) is 9.63. The van der Waals surface area contributed by atoms with E-state index in [0.29, 0.717) is 0 Å². The van der Waals surface area contributed by atoms with Gasteiger partial charge in [-0.3, -0.25) is 0 Å². The largest absolute Gasteiger partial charge is 0.102 e. The van der Waals surface area contributed by atoms with Crippen LogP contribution in [0.4, 0.5) is 0 Å². The predicted octanol–water partition coefficient (Wildman–Crippen LogP) is 6.96. The summed E-state index contributed by atoms with van der Waals surface area (Å²) in [5.74, 6) is 0. The van der Waals surface area contributed by atoms with Crippen LogP contribution in [0.3, 0.4) is 0 Å². The Morgan fingerprint density at radius 3 is 0.571 bits per heavy atom. The van der Waals surface area contributed by atoms with Gasteiger partial charge in [-0.1, -0.05) is 109 Å². The maximum absolute atomic E-state index is 6.86. The van der Waals surface area contributed by atoms with Crippen LogP contribution in [-0.2, 0) is 21.1 Å². The molecule has 3 nitrogen and oxygen atoms in total. The molecule has 0 bridgehead atoms. The molecule has 0 aromatic heterocycles. The van der Waals surface area contributed by atoms with Crippen LogP contribution < -0.4 is 31.8 Å². The average Bonchev–Trinajstić information content (AvgIpc) is 3.05. The molecule has 0 aliphatic carbocycles. The molecule has 0 aliphatic heterocycles. The number of nitrogens with one attached hydrogen (secondary N) is 1. The first-order valence-corrected chi connectivity index (χ1v) is 16.4. The monoisotopic (exact) mass is 765 g/mol. The van der Waals surface area contributed by atoms with Crippen LogP contribution in [0.15, 0.2) is 182 Å². The molecule has 0 saturated heterocycles. The summed E-state index contributed by atoms with van der Waals surface area (Å²) in [6.45, 7) is 0. The molecule has 0 fully saturated rings. The predicted molar refractivity (Wildman–Crippen MR) is 184 cm³/mol. The second-order valence-electron chi connectivity index (χ2n) is 9.05. The van der Waals surface area contributed by atoms with Gasteiger partial charge in [-0.25, -0.2) is 0 Å². The van der Waals surface area contributed by atoms with E-state index in [2.05, 4.69) is 182 Å². The van der Waals surface area contributed by atoms with Crippen LogP contribution >= 0.6 is 15.8 Å². The maximum Gasteiger partial charge on any atom is 0.102 e. The Hall–Kier alpha value is -3.82. The van der Waals surface area contributed by atoms with Gasteiger partial charge in [-0.2, -0.15) is 0 Å². The topological polar surface area (TPSA) is 60.3 Å². The second kappa shape index (κ2) is 18.6. The summed E-state index contributed by atoms with van der Waals surface area (Å²) in [6.07, 6.45) is 0. The minimum atomic E-state index is -0.877. The second-order valence-corrected chi connectivity index (χ2v) is 14.0. The van der Waals surface area contributed by atoms with Crippen molar-refractivity contribution in [3.63, 3.8) is 0 Å². The molecular formula is C36H34N3P2Pt+3. The van der Waals surface area contributed by atoms with Crippen molar-refractivity contribution in [2.24, 2.45) is 0 Å². The standard InChI is InChI=1S/2C18H15P.HN3.Pt.H/c2*1-4-10-16(11-5-1)19(17-12-6-2-7-13-17)18-14-8-3-9-15-18;1-3-2;;/h2*1-15H;1H;;/q;;;+1;/p+2. The van der Waals surface area contributed by atoms with E-state index in [1.54, 1.807) is 4.91 Å². The molecule has 210 valence electrons. The van der Waals surface area contributed by atoms with E-state index < -0.39 is 15.8 Å². The van der Waals surface area contributed by atoms with E-state index in [1.165, 1.54) is 31.8 Å². The number of hydrogen-bond acceptors (Lipinski definition) is 1. The van der Waals surface area contributed by atoms with E-state index in [9.17, 15) is 0 Å². The smallest absolute Gasteiger partial charge is 0.0620 e. The molecule has 0 spiro atoms. The van der Waals surface area contributed by atoms with Crippen LogP contribution in [0, 0.1) is 5.53 Å².